The van der Waals surface area contributed by atoms with Gasteiger partial charge in [-0.25, -0.2) is 0 Å². The molecule has 1 aliphatic heterocycles. The van der Waals surface area contributed by atoms with Crippen molar-refractivity contribution < 1.29 is 4.74 Å². The predicted molar refractivity (Wildman–Crippen MR) is 210 cm³/mol. The third-order valence-corrected chi connectivity index (χ3v) is 11.9. The molecule has 0 radical (unpaired) electrons. The summed E-state index contributed by atoms with van der Waals surface area (Å²) in [4.78, 5) is 0. The lowest BCUT2D eigenvalue weighted by molar-refractivity contribution is 0.442. The first-order valence-electron chi connectivity index (χ1n) is 17.9. The van der Waals surface area contributed by atoms with Crippen molar-refractivity contribution in [3.63, 3.8) is 0 Å². The summed E-state index contributed by atoms with van der Waals surface area (Å²) in [5, 5.41) is 2.31. The van der Waals surface area contributed by atoms with Gasteiger partial charge < -0.3 is 4.74 Å². The maximum Gasteiger partial charge on any atom is 0.140 e. The Bertz CT molecular complexity index is 2720. The Kier molecular flexibility index (Phi) is 5.72. The molecule has 3 aliphatic rings. The number of hydrogen-bond acceptors (Lipinski definition) is 1. The quantitative estimate of drug-likeness (QED) is 0.181. The summed E-state index contributed by atoms with van der Waals surface area (Å²) >= 11 is 0. The highest BCUT2D eigenvalue weighted by Gasteiger charge is 2.51. The van der Waals surface area contributed by atoms with Crippen LogP contribution in [0.25, 0.3) is 55.3 Å². The fourth-order valence-electron chi connectivity index (χ4n) is 9.76. The van der Waals surface area contributed by atoms with Crippen LogP contribution in [-0.4, -0.2) is 0 Å². The van der Waals surface area contributed by atoms with Crippen molar-refractivity contribution in [1.29, 1.82) is 0 Å². The van der Waals surface area contributed by atoms with Gasteiger partial charge in [-0.05, 0) is 90.3 Å². The molecule has 8 aromatic carbocycles. The van der Waals surface area contributed by atoms with Gasteiger partial charge in [-0.2, -0.15) is 0 Å². The molecule has 0 bridgehead atoms. The van der Waals surface area contributed by atoms with Gasteiger partial charge in [-0.15, -0.1) is 0 Å². The molecule has 0 saturated heterocycles. The molecule has 1 spiro atoms. The largest absolute Gasteiger partial charge is 0.456 e. The molecule has 0 atom stereocenters. The summed E-state index contributed by atoms with van der Waals surface area (Å²) in [5.74, 6) is 1.85. The summed E-state index contributed by atoms with van der Waals surface area (Å²) in [7, 11) is 0. The van der Waals surface area contributed by atoms with Crippen LogP contribution < -0.4 is 4.74 Å². The molecule has 0 N–H and O–H groups in total. The first-order chi connectivity index (χ1) is 25.1. The number of hydrogen-bond donors (Lipinski definition) is 0. The molecule has 51 heavy (non-hydrogen) atoms. The first kappa shape index (κ1) is 28.6. The fourth-order valence-corrected chi connectivity index (χ4v) is 9.76. The van der Waals surface area contributed by atoms with Gasteiger partial charge in [-0.3, -0.25) is 0 Å². The van der Waals surface area contributed by atoms with Gasteiger partial charge >= 0.3 is 0 Å². The zero-order valence-electron chi connectivity index (χ0n) is 28.6. The topological polar surface area (TPSA) is 9.23 Å². The third kappa shape index (κ3) is 3.65. The van der Waals surface area contributed by atoms with Crippen LogP contribution in [-0.2, 0) is 10.8 Å². The summed E-state index contributed by atoms with van der Waals surface area (Å²) in [5.41, 5.74) is 17.4. The highest BCUT2D eigenvalue weighted by atomic mass is 16.5. The molecule has 1 heteroatoms. The summed E-state index contributed by atoms with van der Waals surface area (Å²) in [6.07, 6.45) is 0. The molecule has 11 rings (SSSR count). The normalized spacial score (nSPS) is 14.9. The van der Waals surface area contributed by atoms with Crippen molar-refractivity contribution in [2.45, 2.75) is 24.7 Å². The average molecular weight is 651 g/mol. The highest BCUT2D eigenvalue weighted by molar-refractivity contribution is 6.04. The van der Waals surface area contributed by atoms with E-state index in [0.29, 0.717) is 0 Å². The lowest BCUT2D eigenvalue weighted by Crippen LogP contribution is -2.32. The van der Waals surface area contributed by atoms with E-state index in [1.807, 2.05) is 0 Å². The third-order valence-electron chi connectivity index (χ3n) is 11.9. The number of para-hydroxylation sites is 1. The average Bonchev–Trinajstić information content (AvgIpc) is 3.61. The van der Waals surface area contributed by atoms with Gasteiger partial charge in [0, 0.05) is 21.9 Å². The maximum absolute atomic E-state index is 6.99. The molecule has 2 aliphatic carbocycles. The van der Waals surface area contributed by atoms with E-state index < -0.39 is 5.41 Å². The van der Waals surface area contributed by atoms with E-state index in [0.717, 1.165) is 16.9 Å². The second-order valence-corrected chi connectivity index (χ2v) is 14.8. The van der Waals surface area contributed by atoms with Gasteiger partial charge in [0.2, 0.25) is 0 Å². The van der Waals surface area contributed by atoms with Crippen molar-refractivity contribution in [3.8, 4) is 56.0 Å². The van der Waals surface area contributed by atoms with Gasteiger partial charge in [-0.1, -0.05) is 166 Å². The van der Waals surface area contributed by atoms with Gasteiger partial charge in [0.1, 0.15) is 11.5 Å². The van der Waals surface area contributed by atoms with Crippen molar-refractivity contribution in [1.82, 2.24) is 0 Å². The zero-order chi connectivity index (χ0) is 33.9. The first-order valence-corrected chi connectivity index (χ1v) is 17.9. The van der Waals surface area contributed by atoms with Gasteiger partial charge in [0.25, 0.3) is 0 Å². The lowest BCUT2D eigenvalue weighted by Gasteiger charge is -2.40. The molecule has 240 valence electrons. The van der Waals surface area contributed by atoms with E-state index in [2.05, 4.69) is 184 Å². The molecule has 0 saturated carbocycles. The Morgan fingerprint density at radius 1 is 0.373 bits per heavy atom. The highest BCUT2D eigenvalue weighted by Crippen LogP contribution is 2.63. The van der Waals surface area contributed by atoms with Crippen LogP contribution in [0.4, 0.5) is 0 Å². The number of fused-ring (bicyclic) bond motifs is 14. The Balaban J connectivity index is 1.20. The summed E-state index contributed by atoms with van der Waals surface area (Å²) < 4.78 is 6.99. The Labute approximate surface area is 298 Å². The minimum Gasteiger partial charge on any atom is -0.456 e. The van der Waals surface area contributed by atoms with Crippen molar-refractivity contribution in [2.24, 2.45) is 0 Å². The minimum atomic E-state index is -0.525. The van der Waals surface area contributed by atoms with Crippen LogP contribution in [0.5, 0.6) is 11.5 Å². The monoisotopic (exact) mass is 650 g/mol. The summed E-state index contributed by atoms with van der Waals surface area (Å²) in [6, 6.07) is 62.7. The maximum atomic E-state index is 6.99. The molecule has 0 fully saturated rings. The molecule has 0 aromatic heterocycles. The van der Waals surface area contributed by atoms with Crippen molar-refractivity contribution in [3.05, 3.63) is 203 Å². The SMILES string of the molecule is CC1(C)c2ccccc2-c2c(-c3cccc(-c4cc5c(c6ccccc46)Oc4ccccc4C54c5ccccc5-c5ccccc54)c3)cccc21. The van der Waals surface area contributed by atoms with E-state index >= 15 is 0 Å². The predicted octanol–water partition coefficient (Wildman–Crippen LogP) is 12.9. The zero-order valence-corrected chi connectivity index (χ0v) is 28.6. The fraction of sp³-hybridized carbons (Fsp3) is 0.0800. The molecule has 1 heterocycles. The smallest absolute Gasteiger partial charge is 0.140 e. The van der Waals surface area contributed by atoms with E-state index in [4.69, 9.17) is 4.74 Å². The molecule has 1 nitrogen and oxygen atoms in total. The second-order valence-electron chi connectivity index (χ2n) is 14.8. The second kappa shape index (κ2) is 10.2. The Morgan fingerprint density at radius 2 is 0.902 bits per heavy atom. The van der Waals surface area contributed by atoms with E-state index in [9.17, 15) is 0 Å². The lowest BCUT2D eigenvalue weighted by atomic mass is 9.65. The van der Waals surface area contributed by atoms with Crippen LogP contribution in [0.1, 0.15) is 47.2 Å². The van der Waals surface area contributed by atoms with Crippen molar-refractivity contribution in [2.75, 3.05) is 0 Å². The van der Waals surface area contributed by atoms with Crippen LogP contribution in [0.3, 0.4) is 0 Å². The van der Waals surface area contributed by atoms with Crippen LogP contribution in [0, 0.1) is 0 Å². The Hall–Kier alpha value is -6.18. The number of rotatable bonds is 2. The standard InChI is InChI=1S/C50H34O/c1-49(2)40-23-8-7-21-38(40)47-33(22-14-27-44(47)49)31-15-13-16-32(29-31)39-30-45-48(37-20-4-3-17-34(37)39)51-46-28-12-11-26-43(46)50(45)41-24-9-5-18-35(41)36-19-6-10-25-42(36)50/h3-30H,1-2H3. The molecule has 0 unspecified atom stereocenters. The molecular formula is C50H34O. The van der Waals surface area contributed by atoms with Crippen LogP contribution in [0.2, 0.25) is 0 Å². The minimum absolute atomic E-state index is 0.0489. The molecule has 0 amide bonds. The summed E-state index contributed by atoms with van der Waals surface area (Å²) in [6.45, 7) is 4.71. The number of ether oxygens (including phenoxy) is 1. The van der Waals surface area contributed by atoms with Crippen LogP contribution >= 0.6 is 0 Å². The van der Waals surface area contributed by atoms with E-state index in [1.54, 1.807) is 0 Å². The van der Waals surface area contributed by atoms with Gasteiger partial charge in [0.15, 0.2) is 0 Å². The van der Waals surface area contributed by atoms with E-state index in [-0.39, 0.29) is 5.41 Å². The van der Waals surface area contributed by atoms with Crippen molar-refractivity contribution >= 4 is 10.8 Å². The van der Waals surface area contributed by atoms with E-state index in [1.165, 1.54) is 83.3 Å². The number of benzene rings is 8. The van der Waals surface area contributed by atoms with Crippen LogP contribution in [0.15, 0.2) is 170 Å². The molecular weight excluding hydrogens is 617 g/mol. The molecule has 8 aromatic rings. The Morgan fingerprint density at radius 3 is 1.65 bits per heavy atom. The van der Waals surface area contributed by atoms with Gasteiger partial charge in [0.05, 0.1) is 5.41 Å².